The van der Waals surface area contributed by atoms with Gasteiger partial charge < -0.3 is 19.8 Å². The van der Waals surface area contributed by atoms with E-state index in [0.29, 0.717) is 28.6 Å². The van der Waals surface area contributed by atoms with E-state index in [1.165, 1.54) is 0 Å². The van der Waals surface area contributed by atoms with Crippen molar-refractivity contribution in [2.45, 2.75) is 6.54 Å². The fourth-order valence-electron chi connectivity index (χ4n) is 3.97. The first kappa shape index (κ1) is 17.1. The van der Waals surface area contributed by atoms with Gasteiger partial charge in [0.2, 0.25) is 5.91 Å². The van der Waals surface area contributed by atoms with Crippen LogP contribution in [0.1, 0.15) is 15.9 Å². The molecule has 142 valence electrons. The van der Waals surface area contributed by atoms with Crippen LogP contribution < -0.4 is 5.73 Å². The van der Waals surface area contributed by atoms with Gasteiger partial charge in [0.15, 0.2) is 0 Å². The third-order valence-electron chi connectivity index (χ3n) is 5.23. The van der Waals surface area contributed by atoms with Crippen LogP contribution in [0.15, 0.2) is 83.5 Å². The maximum Gasteiger partial charge on any atom is 0.249 e. The number of phenols is 1. The third-order valence-corrected chi connectivity index (χ3v) is 5.23. The van der Waals surface area contributed by atoms with E-state index >= 15 is 0 Å². The van der Waals surface area contributed by atoms with Crippen molar-refractivity contribution < 1.29 is 14.3 Å². The lowest BCUT2D eigenvalue weighted by Gasteiger charge is -2.09. The standard InChI is InChI=1S/C24H18N2O3/c25-24(28)17-8-4-9-18-22(17)23-19(26(18)14-15-6-2-1-3-7-15)12-16(13-20(23)27)21-10-5-11-29-21/h1-13,27H,14H2,(H2,25,28). The molecule has 0 fully saturated rings. The molecule has 0 aliphatic rings. The van der Waals surface area contributed by atoms with Crippen LogP contribution in [0.5, 0.6) is 5.75 Å². The number of carbonyl (C=O) groups excluding carboxylic acids is 1. The molecule has 3 aromatic carbocycles. The van der Waals surface area contributed by atoms with Gasteiger partial charge in [-0.25, -0.2) is 0 Å². The van der Waals surface area contributed by atoms with Gasteiger partial charge in [0.25, 0.3) is 0 Å². The van der Waals surface area contributed by atoms with Gasteiger partial charge in [-0.15, -0.1) is 0 Å². The smallest absolute Gasteiger partial charge is 0.249 e. The van der Waals surface area contributed by atoms with Gasteiger partial charge >= 0.3 is 0 Å². The minimum atomic E-state index is -0.524. The van der Waals surface area contributed by atoms with Gasteiger partial charge in [-0.2, -0.15) is 0 Å². The fourth-order valence-corrected chi connectivity index (χ4v) is 3.97. The van der Waals surface area contributed by atoms with Gasteiger partial charge in [-0.3, -0.25) is 4.79 Å². The molecule has 2 aromatic heterocycles. The van der Waals surface area contributed by atoms with Crippen LogP contribution in [0.4, 0.5) is 0 Å². The number of nitrogens with two attached hydrogens (primary N) is 1. The molecule has 29 heavy (non-hydrogen) atoms. The van der Waals surface area contributed by atoms with E-state index in [9.17, 15) is 9.90 Å². The number of primary amides is 1. The maximum atomic E-state index is 12.1. The Kier molecular flexibility index (Phi) is 3.88. The van der Waals surface area contributed by atoms with Crippen molar-refractivity contribution in [2.75, 3.05) is 0 Å². The molecule has 2 heterocycles. The highest BCUT2D eigenvalue weighted by Gasteiger charge is 2.20. The molecule has 0 spiro atoms. The van der Waals surface area contributed by atoms with Gasteiger partial charge in [0.1, 0.15) is 11.5 Å². The summed E-state index contributed by atoms with van der Waals surface area (Å²) in [4.78, 5) is 12.1. The summed E-state index contributed by atoms with van der Waals surface area (Å²) in [5.41, 5.74) is 9.56. The highest BCUT2D eigenvalue weighted by molar-refractivity contribution is 6.20. The Morgan fingerprint density at radius 2 is 1.76 bits per heavy atom. The molecular formula is C24H18N2O3. The number of aromatic nitrogens is 1. The van der Waals surface area contributed by atoms with Crippen molar-refractivity contribution in [3.8, 4) is 17.1 Å². The Balaban J connectivity index is 1.88. The molecule has 0 saturated carbocycles. The summed E-state index contributed by atoms with van der Waals surface area (Å²) in [6, 6.07) is 22.8. The minimum Gasteiger partial charge on any atom is -0.507 e. The number of hydrogen-bond donors (Lipinski definition) is 2. The number of hydrogen-bond acceptors (Lipinski definition) is 3. The number of aromatic hydroxyl groups is 1. The van der Waals surface area contributed by atoms with Gasteiger partial charge in [0, 0.05) is 23.1 Å². The summed E-state index contributed by atoms with van der Waals surface area (Å²) >= 11 is 0. The Labute approximate surface area is 166 Å². The average Bonchev–Trinajstić information content (AvgIpc) is 3.36. The predicted molar refractivity (Wildman–Crippen MR) is 113 cm³/mol. The molecule has 0 radical (unpaired) electrons. The molecule has 0 saturated heterocycles. The second kappa shape index (κ2) is 6.56. The van der Waals surface area contributed by atoms with Crippen LogP contribution in [0.25, 0.3) is 33.1 Å². The number of phenolic OH excluding ortho intramolecular Hbond substituents is 1. The summed E-state index contributed by atoms with van der Waals surface area (Å²) in [5, 5.41) is 12.2. The maximum absolute atomic E-state index is 12.1. The first-order valence-corrected chi connectivity index (χ1v) is 9.29. The molecule has 0 atom stereocenters. The molecule has 0 bridgehead atoms. The number of furan rings is 1. The third kappa shape index (κ3) is 2.75. The molecule has 0 aliphatic carbocycles. The van der Waals surface area contributed by atoms with Gasteiger partial charge in [-0.05, 0) is 42.0 Å². The van der Waals surface area contributed by atoms with Gasteiger partial charge in [-0.1, -0.05) is 36.4 Å². The minimum absolute atomic E-state index is 0.0828. The summed E-state index contributed by atoms with van der Waals surface area (Å²) in [6.07, 6.45) is 1.60. The Bertz CT molecular complexity index is 1350. The van der Waals surface area contributed by atoms with Gasteiger partial charge in [0.05, 0.1) is 22.7 Å². The Morgan fingerprint density at radius 1 is 0.931 bits per heavy atom. The summed E-state index contributed by atoms with van der Waals surface area (Å²) in [6.45, 7) is 0.587. The molecular weight excluding hydrogens is 364 g/mol. The molecule has 3 N–H and O–H groups in total. The number of fused-ring (bicyclic) bond motifs is 3. The van der Waals surface area contributed by atoms with Crippen molar-refractivity contribution >= 4 is 27.7 Å². The number of benzene rings is 3. The quantitative estimate of drug-likeness (QED) is 0.463. The lowest BCUT2D eigenvalue weighted by Crippen LogP contribution is -2.11. The van der Waals surface area contributed by atoms with Crippen LogP contribution in [0.3, 0.4) is 0 Å². The zero-order valence-electron chi connectivity index (χ0n) is 15.5. The summed E-state index contributed by atoms with van der Waals surface area (Å²) < 4.78 is 7.62. The van der Waals surface area contributed by atoms with Crippen LogP contribution in [0, 0.1) is 0 Å². The highest BCUT2D eigenvalue weighted by atomic mass is 16.3. The van der Waals surface area contributed by atoms with Crippen LogP contribution in [-0.4, -0.2) is 15.6 Å². The Hall–Kier alpha value is -3.99. The SMILES string of the molecule is NC(=O)c1cccc2c1c1c(O)cc(-c3ccco3)cc1n2Cc1ccccc1. The monoisotopic (exact) mass is 382 g/mol. The zero-order valence-corrected chi connectivity index (χ0v) is 15.5. The predicted octanol–water partition coefficient (Wildman–Crippen LogP) is 4.91. The lowest BCUT2D eigenvalue weighted by molar-refractivity contribution is 0.100. The number of rotatable bonds is 4. The van der Waals surface area contributed by atoms with E-state index in [2.05, 4.69) is 4.57 Å². The summed E-state index contributed by atoms with van der Waals surface area (Å²) in [7, 11) is 0. The topological polar surface area (TPSA) is 81.4 Å². The number of amides is 1. The van der Waals surface area contributed by atoms with E-state index in [0.717, 1.165) is 22.2 Å². The molecule has 5 heteroatoms. The zero-order chi connectivity index (χ0) is 20.0. The van der Waals surface area contributed by atoms with Crippen LogP contribution in [0.2, 0.25) is 0 Å². The fraction of sp³-hybridized carbons (Fsp3) is 0.0417. The van der Waals surface area contributed by atoms with E-state index in [1.807, 2.05) is 54.6 Å². The van der Waals surface area contributed by atoms with E-state index in [4.69, 9.17) is 10.2 Å². The molecule has 0 aliphatic heterocycles. The molecule has 5 nitrogen and oxygen atoms in total. The van der Waals surface area contributed by atoms with Crippen molar-refractivity contribution in [1.82, 2.24) is 4.57 Å². The molecule has 5 rings (SSSR count). The number of nitrogens with zero attached hydrogens (tertiary/aromatic N) is 1. The van der Waals surface area contributed by atoms with Crippen molar-refractivity contribution in [1.29, 1.82) is 0 Å². The first-order valence-electron chi connectivity index (χ1n) is 9.29. The van der Waals surface area contributed by atoms with E-state index < -0.39 is 5.91 Å². The van der Waals surface area contributed by atoms with Crippen LogP contribution in [-0.2, 0) is 6.54 Å². The largest absolute Gasteiger partial charge is 0.507 e. The summed E-state index contributed by atoms with van der Waals surface area (Å²) in [5.74, 6) is 0.220. The molecule has 0 unspecified atom stereocenters. The van der Waals surface area contributed by atoms with Crippen molar-refractivity contribution in [3.63, 3.8) is 0 Å². The lowest BCUT2D eigenvalue weighted by atomic mass is 10.0. The Morgan fingerprint density at radius 3 is 2.48 bits per heavy atom. The second-order valence-electron chi connectivity index (χ2n) is 7.00. The normalized spacial score (nSPS) is 11.3. The second-order valence-corrected chi connectivity index (χ2v) is 7.00. The average molecular weight is 382 g/mol. The van der Waals surface area contributed by atoms with E-state index in [1.54, 1.807) is 24.5 Å². The number of carbonyl (C=O) groups is 1. The van der Waals surface area contributed by atoms with Crippen molar-refractivity contribution in [2.24, 2.45) is 5.73 Å². The molecule has 5 aromatic rings. The van der Waals surface area contributed by atoms with Crippen LogP contribution >= 0.6 is 0 Å². The van der Waals surface area contributed by atoms with Crippen molar-refractivity contribution in [3.05, 3.63) is 90.2 Å². The first-order chi connectivity index (χ1) is 14.1. The molecule has 1 amide bonds. The highest BCUT2D eigenvalue weighted by Crippen LogP contribution is 2.40. The van der Waals surface area contributed by atoms with E-state index in [-0.39, 0.29) is 5.75 Å².